The van der Waals surface area contributed by atoms with Crippen LogP contribution >= 0.6 is 0 Å². The summed E-state index contributed by atoms with van der Waals surface area (Å²) in [5.74, 6) is 3.84. The van der Waals surface area contributed by atoms with Gasteiger partial charge in [0, 0.05) is 20.0 Å². The number of hydrogen-bond acceptors (Lipinski definition) is 2. The average Bonchev–Trinajstić information content (AvgIpc) is 2.84. The number of ketones is 1. The molecule has 0 aliphatic heterocycles. The van der Waals surface area contributed by atoms with E-state index in [1.807, 2.05) is 7.11 Å². The van der Waals surface area contributed by atoms with E-state index in [1.54, 1.807) is 0 Å². The molecule has 4 rings (SSSR count). The van der Waals surface area contributed by atoms with Gasteiger partial charge >= 0.3 is 0 Å². The van der Waals surface area contributed by atoms with Crippen LogP contribution in [-0.4, -0.2) is 19.0 Å². The molecule has 2 heteroatoms. The summed E-state index contributed by atoms with van der Waals surface area (Å²) in [6.07, 6.45) is 11.4. The quantitative estimate of drug-likeness (QED) is 0.707. The lowest BCUT2D eigenvalue weighted by Gasteiger charge is -2.60. The van der Waals surface area contributed by atoms with E-state index >= 15 is 0 Å². The number of rotatable bonds is 1. The van der Waals surface area contributed by atoms with Crippen molar-refractivity contribution < 1.29 is 9.53 Å². The Morgan fingerprint density at radius 2 is 1.73 bits per heavy atom. The first kappa shape index (κ1) is 15.2. The van der Waals surface area contributed by atoms with E-state index in [0.717, 1.165) is 37.0 Å². The average molecular weight is 304 g/mol. The molecule has 0 N–H and O–H groups in total. The van der Waals surface area contributed by atoms with Crippen molar-refractivity contribution >= 4 is 5.78 Å². The minimum Gasteiger partial charge on any atom is -0.381 e. The van der Waals surface area contributed by atoms with E-state index in [4.69, 9.17) is 4.74 Å². The standard InChI is InChI=1S/C20H32O2/c1-19-10-8-14(21)12-13(19)4-5-15-16-6-7-18(22-3)20(16,2)11-9-17(15)19/h13,15-18H,4-12H2,1-3H3/t13?,15-,16?,17?,18-,19-,20-/m0/s1. The lowest BCUT2D eigenvalue weighted by atomic mass is 9.45. The first-order chi connectivity index (χ1) is 10.5. The Morgan fingerprint density at radius 1 is 0.955 bits per heavy atom. The lowest BCUT2D eigenvalue weighted by Crippen LogP contribution is -2.54. The molecule has 0 spiro atoms. The summed E-state index contributed by atoms with van der Waals surface area (Å²) in [5, 5.41) is 0. The molecule has 124 valence electrons. The highest BCUT2D eigenvalue weighted by Gasteiger charge is 2.60. The molecule has 2 nitrogen and oxygen atoms in total. The number of hydrogen-bond donors (Lipinski definition) is 0. The van der Waals surface area contributed by atoms with Gasteiger partial charge in [-0.25, -0.2) is 0 Å². The van der Waals surface area contributed by atoms with Crippen molar-refractivity contribution in [2.45, 2.75) is 77.7 Å². The smallest absolute Gasteiger partial charge is 0.133 e. The second-order valence-corrected chi connectivity index (χ2v) is 9.25. The van der Waals surface area contributed by atoms with Crippen LogP contribution < -0.4 is 0 Å². The zero-order valence-corrected chi connectivity index (χ0v) is 14.6. The van der Waals surface area contributed by atoms with E-state index < -0.39 is 0 Å². The molecule has 0 saturated heterocycles. The molecule has 22 heavy (non-hydrogen) atoms. The fourth-order valence-corrected chi connectivity index (χ4v) is 7.38. The molecule has 0 aromatic heterocycles. The Bertz CT molecular complexity index is 472. The molecule has 3 unspecified atom stereocenters. The molecule has 4 aliphatic carbocycles. The number of carbonyl (C=O) groups excluding carboxylic acids is 1. The molecule has 4 saturated carbocycles. The maximum absolute atomic E-state index is 11.9. The monoisotopic (exact) mass is 304 g/mol. The number of fused-ring (bicyclic) bond motifs is 5. The van der Waals surface area contributed by atoms with Gasteiger partial charge in [0.1, 0.15) is 5.78 Å². The van der Waals surface area contributed by atoms with Crippen molar-refractivity contribution in [3.05, 3.63) is 0 Å². The minimum absolute atomic E-state index is 0.420. The molecule has 4 aliphatic rings. The molecular weight excluding hydrogens is 272 g/mol. The Hall–Kier alpha value is -0.370. The van der Waals surface area contributed by atoms with Crippen LogP contribution in [0.1, 0.15) is 71.6 Å². The largest absolute Gasteiger partial charge is 0.381 e. The Labute approximate surface area is 135 Å². The second-order valence-electron chi connectivity index (χ2n) is 9.25. The summed E-state index contributed by atoms with van der Waals surface area (Å²) in [6, 6.07) is 0. The van der Waals surface area contributed by atoms with Gasteiger partial charge in [-0.1, -0.05) is 13.8 Å². The summed E-state index contributed by atoms with van der Waals surface area (Å²) in [5.41, 5.74) is 0.868. The third kappa shape index (κ3) is 1.92. The highest BCUT2D eigenvalue weighted by molar-refractivity contribution is 5.79. The first-order valence-electron chi connectivity index (χ1n) is 9.53. The third-order valence-electron chi connectivity index (χ3n) is 8.68. The van der Waals surface area contributed by atoms with Crippen LogP contribution in [0.5, 0.6) is 0 Å². The second kappa shape index (κ2) is 5.06. The summed E-state index contributed by atoms with van der Waals surface area (Å²) >= 11 is 0. The van der Waals surface area contributed by atoms with Crippen LogP contribution in [0.4, 0.5) is 0 Å². The van der Waals surface area contributed by atoms with E-state index in [0.29, 0.717) is 28.6 Å². The van der Waals surface area contributed by atoms with Crippen LogP contribution in [0.25, 0.3) is 0 Å². The zero-order chi connectivity index (χ0) is 15.5. The van der Waals surface area contributed by atoms with Crippen LogP contribution in [0.3, 0.4) is 0 Å². The van der Waals surface area contributed by atoms with E-state index in [1.165, 1.54) is 38.5 Å². The summed E-state index contributed by atoms with van der Waals surface area (Å²) in [6.45, 7) is 5.04. The van der Waals surface area contributed by atoms with Gasteiger partial charge in [0.05, 0.1) is 6.10 Å². The highest BCUT2D eigenvalue weighted by Crippen LogP contribution is 2.66. The van der Waals surface area contributed by atoms with E-state index in [9.17, 15) is 4.79 Å². The van der Waals surface area contributed by atoms with Crippen molar-refractivity contribution in [1.82, 2.24) is 0 Å². The first-order valence-corrected chi connectivity index (χ1v) is 9.53. The predicted octanol–water partition coefficient (Wildman–Crippen LogP) is 4.61. The topological polar surface area (TPSA) is 26.3 Å². The molecule has 0 radical (unpaired) electrons. The Kier molecular flexibility index (Phi) is 3.49. The molecule has 0 heterocycles. The zero-order valence-electron chi connectivity index (χ0n) is 14.6. The molecular formula is C20H32O2. The predicted molar refractivity (Wildman–Crippen MR) is 87.5 cm³/mol. The van der Waals surface area contributed by atoms with Crippen LogP contribution in [0.15, 0.2) is 0 Å². The van der Waals surface area contributed by atoms with Gasteiger partial charge in [-0.2, -0.15) is 0 Å². The van der Waals surface area contributed by atoms with Crippen molar-refractivity contribution in [1.29, 1.82) is 0 Å². The fraction of sp³-hybridized carbons (Fsp3) is 0.950. The maximum Gasteiger partial charge on any atom is 0.133 e. The summed E-state index contributed by atoms with van der Waals surface area (Å²) < 4.78 is 5.86. The lowest BCUT2D eigenvalue weighted by molar-refractivity contribution is -0.143. The van der Waals surface area contributed by atoms with Gasteiger partial charge in [-0.3, -0.25) is 4.79 Å². The van der Waals surface area contributed by atoms with Gasteiger partial charge in [-0.15, -0.1) is 0 Å². The van der Waals surface area contributed by atoms with Gasteiger partial charge < -0.3 is 4.74 Å². The van der Waals surface area contributed by atoms with Crippen molar-refractivity contribution in [3.8, 4) is 0 Å². The molecule has 0 aromatic carbocycles. The van der Waals surface area contributed by atoms with Crippen molar-refractivity contribution in [2.75, 3.05) is 7.11 Å². The minimum atomic E-state index is 0.420. The van der Waals surface area contributed by atoms with Crippen molar-refractivity contribution in [3.63, 3.8) is 0 Å². The van der Waals surface area contributed by atoms with Crippen LogP contribution in [0.2, 0.25) is 0 Å². The molecule has 0 amide bonds. The van der Waals surface area contributed by atoms with Crippen molar-refractivity contribution in [2.24, 2.45) is 34.5 Å². The number of methoxy groups -OCH3 is 1. The Morgan fingerprint density at radius 3 is 2.50 bits per heavy atom. The Balaban J connectivity index is 1.62. The molecule has 0 aromatic rings. The van der Waals surface area contributed by atoms with E-state index in [-0.39, 0.29) is 0 Å². The third-order valence-corrected chi connectivity index (χ3v) is 8.68. The van der Waals surface area contributed by atoms with Gasteiger partial charge in [0.2, 0.25) is 0 Å². The molecule has 0 bridgehead atoms. The van der Waals surface area contributed by atoms with Gasteiger partial charge in [0.15, 0.2) is 0 Å². The van der Waals surface area contributed by atoms with Gasteiger partial charge in [0.25, 0.3) is 0 Å². The number of carbonyl (C=O) groups is 1. The summed E-state index contributed by atoms with van der Waals surface area (Å²) in [4.78, 5) is 11.9. The number of Topliss-reactive ketones (excluding diaryl/α,β-unsaturated/α-hetero) is 1. The van der Waals surface area contributed by atoms with E-state index in [2.05, 4.69) is 13.8 Å². The SMILES string of the molecule is CO[C@H]1CCC2[C@@H]3CCC4CC(=O)CC[C@]4(C)C3CC[C@@]21C. The van der Waals surface area contributed by atoms with Gasteiger partial charge in [-0.05, 0) is 79.4 Å². The molecule has 4 fully saturated rings. The highest BCUT2D eigenvalue weighted by atomic mass is 16.5. The fourth-order valence-electron chi connectivity index (χ4n) is 7.38. The maximum atomic E-state index is 11.9. The number of ether oxygens (including phenoxy) is 1. The molecule has 7 atom stereocenters. The normalized spacial score (nSPS) is 54.5. The van der Waals surface area contributed by atoms with Crippen LogP contribution in [0, 0.1) is 34.5 Å². The summed E-state index contributed by atoms with van der Waals surface area (Å²) in [7, 11) is 1.91. The van der Waals surface area contributed by atoms with Crippen LogP contribution in [-0.2, 0) is 9.53 Å².